The first-order valence-corrected chi connectivity index (χ1v) is 9.44. The van der Waals surface area contributed by atoms with Gasteiger partial charge in [-0.15, -0.1) is 11.3 Å². The zero-order valence-electron chi connectivity index (χ0n) is 15.1. The lowest BCUT2D eigenvalue weighted by atomic mass is 10.0. The molecule has 0 fully saturated rings. The zero-order valence-corrected chi connectivity index (χ0v) is 15.9. The van der Waals surface area contributed by atoms with Gasteiger partial charge in [0.15, 0.2) is 0 Å². The van der Waals surface area contributed by atoms with Gasteiger partial charge >= 0.3 is 0 Å². The minimum absolute atomic E-state index is 0.309. The van der Waals surface area contributed by atoms with E-state index in [4.69, 9.17) is 0 Å². The SMILES string of the molecule is C/C(=N\NC(=O)c1cc(-c2ccc(CC(C)C)cc2)n[nH]1)c1cccs1. The van der Waals surface area contributed by atoms with E-state index in [-0.39, 0.29) is 5.91 Å². The van der Waals surface area contributed by atoms with Crippen molar-refractivity contribution < 1.29 is 4.79 Å². The highest BCUT2D eigenvalue weighted by Gasteiger charge is 2.11. The molecule has 0 unspecified atom stereocenters. The molecule has 0 aliphatic rings. The Morgan fingerprint density at radius 2 is 2.04 bits per heavy atom. The highest BCUT2D eigenvalue weighted by molar-refractivity contribution is 7.12. The van der Waals surface area contributed by atoms with E-state index in [2.05, 4.69) is 46.7 Å². The van der Waals surface area contributed by atoms with Crippen LogP contribution in [0.2, 0.25) is 0 Å². The van der Waals surface area contributed by atoms with Crippen molar-refractivity contribution >= 4 is 23.0 Å². The smallest absolute Gasteiger partial charge is 0.272 e. The first-order valence-electron chi connectivity index (χ1n) is 8.56. The van der Waals surface area contributed by atoms with E-state index in [0.717, 1.165) is 28.3 Å². The fourth-order valence-corrected chi connectivity index (χ4v) is 3.28. The molecule has 6 heteroatoms. The second-order valence-electron chi connectivity index (χ2n) is 6.58. The van der Waals surface area contributed by atoms with Crippen molar-refractivity contribution in [2.75, 3.05) is 0 Å². The number of hydrazone groups is 1. The molecule has 1 amide bonds. The van der Waals surface area contributed by atoms with Gasteiger partial charge in [0, 0.05) is 10.4 Å². The number of aromatic nitrogens is 2. The number of nitrogens with one attached hydrogen (secondary N) is 2. The molecule has 134 valence electrons. The predicted octanol–water partition coefficient (Wildman–Crippen LogP) is 4.49. The average molecular weight is 366 g/mol. The summed E-state index contributed by atoms with van der Waals surface area (Å²) in [6.45, 7) is 6.27. The maximum absolute atomic E-state index is 12.3. The topological polar surface area (TPSA) is 70.1 Å². The van der Waals surface area contributed by atoms with Crippen LogP contribution in [0.4, 0.5) is 0 Å². The number of aromatic amines is 1. The van der Waals surface area contributed by atoms with E-state index in [1.807, 2.05) is 36.6 Å². The van der Waals surface area contributed by atoms with Gasteiger partial charge in [0.1, 0.15) is 5.69 Å². The van der Waals surface area contributed by atoms with Crippen molar-refractivity contribution in [3.8, 4) is 11.3 Å². The molecule has 0 spiro atoms. The van der Waals surface area contributed by atoms with Crippen LogP contribution in [0.3, 0.4) is 0 Å². The number of benzene rings is 1. The molecule has 2 aromatic heterocycles. The fourth-order valence-electron chi connectivity index (χ4n) is 2.60. The van der Waals surface area contributed by atoms with Gasteiger partial charge < -0.3 is 0 Å². The van der Waals surface area contributed by atoms with E-state index < -0.39 is 0 Å². The molecule has 2 heterocycles. The summed E-state index contributed by atoms with van der Waals surface area (Å²) in [5.41, 5.74) is 6.74. The van der Waals surface area contributed by atoms with Crippen LogP contribution in [0, 0.1) is 5.92 Å². The molecule has 0 saturated heterocycles. The van der Waals surface area contributed by atoms with Gasteiger partial charge in [0.2, 0.25) is 0 Å². The second kappa shape index (κ2) is 8.10. The lowest BCUT2D eigenvalue weighted by Gasteiger charge is -2.05. The van der Waals surface area contributed by atoms with Crippen LogP contribution < -0.4 is 5.43 Å². The van der Waals surface area contributed by atoms with Crippen LogP contribution in [0.25, 0.3) is 11.3 Å². The van der Waals surface area contributed by atoms with Gasteiger partial charge in [-0.3, -0.25) is 9.89 Å². The summed E-state index contributed by atoms with van der Waals surface area (Å²) in [4.78, 5) is 13.3. The summed E-state index contributed by atoms with van der Waals surface area (Å²) in [5.74, 6) is 0.316. The van der Waals surface area contributed by atoms with Gasteiger partial charge in [-0.05, 0) is 42.3 Å². The summed E-state index contributed by atoms with van der Waals surface area (Å²) in [6.07, 6.45) is 1.05. The number of H-pyrrole nitrogens is 1. The van der Waals surface area contributed by atoms with E-state index in [9.17, 15) is 4.79 Å². The van der Waals surface area contributed by atoms with Crippen LogP contribution in [0.1, 0.15) is 41.7 Å². The van der Waals surface area contributed by atoms with Crippen molar-refractivity contribution in [2.45, 2.75) is 27.2 Å². The van der Waals surface area contributed by atoms with Gasteiger partial charge in [0.25, 0.3) is 5.91 Å². The number of carbonyl (C=O) groups excluding carboxylic acids is 1. The number of thiophene rings is 1. The van der Waals surface area contributed by atoms with Crippen LogP contribution in [-0.2, 0) is 6.42 Å². The van der Waals surface area contributed by atoms with Crippen LogP contribution >= 0.6 is 11.3 Å². The van der Waals surface area contributed by atoms with Crippen molar-refractivity contribution in [1.29, 1.82) is 0 Å². The lowest BCUT2D eigenvalue weighted by molar-refractivity contribution is 0.0950. The van der Waals surface area contributed by atoms with Gasteiger partial charge in [0.05, 0.1) is 11.4 Å². The summed E-state index contributed by atoms with van der Waals surface area (Å²) in [6, 6.07) is 13.9. The predicted molar refractivity (Wildman–Crippen MR) is 107 cm³/mol. The monoisotopic (exact) mass is 366 g/mol. The Hall–Kier alpha value is -2.73. The molecule has 1 aromatic carbocycles. The maximum atomic E-state index is 12.3. The quantitative estimate of drug-likeness (QED) is 0.498. The Morgan fingerprint density at radius 3 is 2.69 bits per heavy atom. The molecule has 2 N–H and O–H groups in total. The number of amides is 1. The standard InChI is InChI=1S/C20H22N4OS/c1-13(2)11-15-6-8-16(9-7-15)17-12-18(23-22-17)20(25)24-21-14(3)19-5-4-10-26-19/h4-10,12-13H,11H2,1-3H3,(H,22,23)(H,24,25)/b21-14+. The molecule has 26 heavy (non-hydrogen) atoms. The minimum Gasteiger partial charge on any atom is -0.272 e. The largest absolute Gasteiger partial charge is 0.289 e. The van der Waals surface area contributed by atoms with Crippen molar-refractivity contribution in [3.63, 3.8) is 0 Å². The number of hydrogen-bond donors (Lipinski definition) is 2. The molecule has 0 atom stereocenters. The lowest BCUT2D eigenvalue weighted by Crippen LogP contribution is -2.19. The molecule has 0 saturated carbocycles. The Bertz CT molecular complexity index is 892. The average Bonchev–Trinajstić information content (AvgIpc) is 3.31. The molecule has 5 nitrogen and oxygen atoms in total. The Kier molecular flexibility index (Phi) is 5.63. The number of hydrogen-bond acceptors (Lipinski definition) is 4. The summed E-state index contributed by atoms with van der Waals surface area (Å²) in [5, 5.41) is 13.1. The van der Waals surface area contributed by atoms with Crippen molar-refractivity contribution in [3.05, 3.63) is 64.0 Å². The third-order valence-electron chi connectivity index (χ3n) is 3.92. The first kappa shape index (κ1) is 18.1. The second-order valence-corrected chi connectivity index (χ2v) is 7.52. The number of rotatable bonds is 6. The summed E-state index contributed by atoms with van der Waals surface area (Å²) >= 11 is 1.58. The number of nitrogens with zero attached hydrogens (tertiary/aromatic N) is 2. The Morgan fingerprint density at radius 1 is 1.27 bits per heavy atom. The molecular formula is C20H22N4OS. The third kappa shape index (κ3) is 4.46. The maximum Gasteiger partial charge on any atom is 0.289 e. The molecule has 3 aromatic rings. The van der Waals surface area contributed by atoms with E-state index in [1.54, 1.807) is 17.4 Å². The molecule has 0 aliphatic carbocycles. The summed E-state index contributed by atoms with van der Waals surface area (Å²) in [7, 11) is 0. The fraction of sp³-hybridized carbons (Fsp3) is 0.250. The van der Waals surface area contributed by atoms with Crippen LogP contribution in [0.5, 0.6) is 0 Å². The normalized spacial score (nSPS) is 11.8. The summed E-state index contributed by atoms with van der Waals surface area (Å²) < 4.78 is 0. The third-order valence-corrected chi connectivity index (χ3v) is 4.90. The van der Waals surface area contributed by atoms with Crippen molar-refractivity contribution in [1.82, 2.24) is 15.6 Å². The van der Waals surface area contributed by atoms with Gasteiger partial charge in [-0.2, -0.15) is 10.2 Å². The first-order chi connectivity index (χ1) is 12.5. The van der Waals surface area contributed by atoms with E-state index >= 15 is 0 Å². The highest BCUT2D eigenvalue weighted by Crippen LogP contribution is 2.19. The highest BCUT2D eigenvalue weighted by atomic mass is 32.1. The molecule has 0 radical (unpaired) electrons. The van der Waals surface area contributed by atoms with E-state index in [0.29, 0.717) is 11.6 Å². The molecule has 3 rings (SSSR count). The Balaban J connectivity index is 1.67. The number of carbonyl (C=O) groups is 1. The Labute approximate surface area is 157 Å². The van der Waals surface area contributed by atoms with E-state index in [1.165, 1.54) is 5.56 Å². The molecular weight excluding hydrogens is 344 g/mol. The molecule has 0 bridgehead atoms. The van der Waals surface area contributed by atoms with Gasteiger partial charge in [-0.25, -0.2) is 5.43 Å². The zero-order chi connectivity index (χ0) is 18.5. The van der Waals surface area contributed by atoms with Crippen molar-refractivity contribution in [2.24, 2.45) is 11.0 Å². The van der Waals surface area contributed by atoms with Gasteiger partial charge in [-0.1, -0.05) is 44.2 Å². The van der Waals surface area contributed by atoms with Crippen LogP contribution in [0.15, 0.2) is 52.9 Å². The van der Waals surface area contributed by atoms with Crippen LogP contribution in [-0.4, -0.2) is 21.8 Å². The minimum atomic E-state index is -0.309. The molecule has 0 aliphatic heterocycles.